The molecule has 1 heterocycles. The summed E-state index contributed by atoms with van der Waals surface area (Å²) in [5.41, 5.74) is 2.23. The molecule has 0 bridgehead atoms. The highest BCUT2D eigenvalue weighted by Gasteiger charge is 2.12. The predicted molar refractivity (Wildman–Crippen MR) is 87.3 cm³/mol. The zero-order valence-corrected chi connectivity index (χ0v) is 14.1. The van der Waals surface area contributed by atoms with Crippen molar-refractivity contribution in [1.29, 1.82) is 0 Å². The molecule has 23 heavy (non-hydrogen) atoms. The largest absolute Gasteiger partial charge is 0.483 e. The molecule has 122 valence electrons. The quantitative estimate of drug-likeness (QED) is 0.834. The fourth-order valence-electron chi connectivity index (χ4n) is 1.96. The highest BCUT2D eigenvalue weighted by atomic mass is 35.7. The molecule has 1 N–H and O–H groups in total. The molecule has 1 aromatic carbocycles. The number of amides is 1. The number of hydrogen-bond donors (Lipinski definition) is 1. The van der Waals surface area contributed by atoms with Crippen molar-refractivity contribution in [2.24, 2.45) is 0 Å². The Labute approximate surface area is 138 Å². The van der Waals surface area contributed by atoms with E-state index in [9.17, 15) is 13.2 Å². The number of carbonyl (C=O) groups is 1. The number of nitrogens with one attached hydrogen (secondary N) is 1. The third-order valence-electron chi connectivity index (χ3n) is 3.03. The Balaban J connectivity index is 1.97. The van der Waals surface area contributed by atoms with E-state index in [1.54, 1.807) is 0 Å². The third-order valence-corrected chi connectivity index (χ3v) is 4.24. The van der Waals surface area contributed by atoms with Gasteiger partial charge in [0, 0.05) is 10.7 Å². The fourth-order valence-corrected chi connectivity index (χ4v) is 2.64. The highest BCUT2D eigenvalue weighted by molar-refractivity contribution is 8.13. The average Bonchev–Trinajstić information content (AvgIpc) is 2.46. The van der Waals surface area contributed by atoms with Crippen molar-refractivity contribution in [3.63, 3.8) is 0 Å². The lowest BCUT2D eigenvalue weighted by Gasteiger charge is -2.11. The number of ether oxygens (including phenoxy) is 1. The van der Waals surface area contributed by atoms with Crippen molar-refractivity contribution >= 4 is 31.3 Å². The summed E-state index contributed by atoms with van der Waals surface area (Å²) in [7, 11) is 1.29. The molecular formula is C15H15ClN2O4S. The number of anilines is 1. The molecule has 8 heteroatoms. The van der Waals surface area contributed by atoms with Crippen LogP contribution in [0.2, 0.25) is 0 Å². The molecule has 6 nitrogen and oxygen atoms in total. The van der Waals surface area contributed by atoms with Gasteiger partial charge >= 0.3 is 0 Å². The molecular weight excluding hydrogens is 340 g/mol. The van der Waals surface area contributed by atoms with Gasteiger partial charge in [-0.15, -0.1) is 0 Å². The van der Waals surface area contributed by atoms with Crippen LogP contribution in [0.25, 0.3) is 0 Å². The van der Waals surface area contributed by atoms with Crippen LogP contribution in [0.1, 0.15) is 11.1 Å². The van der Waals surface area contributed by atoms with E-state index in [0.29, 0.717) is 11.4 Å². The molecule has 0 atom stereocenters. The van der Waals surface area contributed by atoms with Crippen LogP contribution in [-0.4, -0.2) is 25.9 Å². The van der Waals surface area contributed by atoms with Gasteiger partial charge < -0.3 is 10.1 Å². The van der Waals surface area contributed by atoms with E-state index >= 15 is 0 Å². The van der Waals surface area contributed by atoms with Crippen LogP contribution in [0.3, 0.4) is 0 Å². The molecule has 2 rings (SSSR count). The second-order valence-corrected chi connectivity index (χ2v) is 7.39. The smallest absolute Gasteiger partial charge is 0.278 e. The predicted octanol–water partition coefficient (Wildman–Crippen LogP) is 2.64. The zero-order chi connectivity index (χ0) is 17.0. The van der Waals surface area contributed by atoms with Crippen molar-refractivity contribution in [2.75, 3.05) is 11.9 Å². The second-order valence-electron chi connectivity index (χ2n) is 4.88. The Kier molecular flexibility index (Phi) is 5.23. The number of hydrogen-bond acceptors (Lipinski definition) is 5. The summed E-state index contributed by atoms with van der Waals surface area (Å²) in [5, 5.41) is 2.29. The number of aromatic nitrogens is 1. The van der Waals surface area contributed by atoms with Crippen LogP contribution in [0.5, 0.6) is 5.75 Å². The lowest BCUT2D eigenvalue weighted by molar-refractivity contribution is -0.118. The van der Waals surface area contributed by atoms with E-state index in [1.807, 2.05) is 32.0 Å². The van der Waals surface area contributed by atoms with Gasteiger partial charge in [0.15, 0.2) is 11.6 Å². The minimum absolute atomic E-state index is 0.165. The summed E-state index contributed by atoms with van der Waals surface area (Å²) in [4.78, 5) is 15.6. The standard InChI is InChI=1S/C15H15ClN2O4S/c1-10-4-3-5-11(2)15(10)22-9-13(19)18-12-6-7-14(17-8-12)23(16,20)21/h3-8H,9H2,1-2H3,(H,18,19). The van der Waals surface area contributed by atoms with Crippen molar-refractivity contribution in [3.05, 3.63) is 47.7 Å². The Hall–Kier alpha value is -2.12. The first kappa shape index (κ1) is 17.2. The Morgan fingerprint density at radius 3 is 2.39 bits per heavy atom. The summed E-state index contributed by atoms with van der Waals surface area (Å²) in [6.07, 6.45) is 1.21. The number of rotatable bonds is 5. The van der Waals surface area contributed by atoms with Crippen molar-refractivity contribution in [2.45, 2.75) is 18.9 Å². The number of benzene rings is 1. The number of halogens is 1. The molecule has 0 unspecified atom stereocenters. The number of carbonyl (C=O) groups excluding carboxylic acids is 1. The van der Waals surface area contributed by atoms with Crippen LogP contribution in [0, 0.1) is 13.8 Å². The van der Waals surface area contributed by atoms with Crippen LogP contribution in [-0.2, 0) is 13.8 Å². The Bertz CT molecular complexity index is 800. The van der Waals surface area contributed by atoms with Crippen molar-refractivity contribution in [1.82, 2.24) is 4.98 Å². The molecule has 0 aliphatic heterocycles. The van der Waals surface area contributed by atoms with E-state index in [2.05, 4.69) is 10.3 Å². The Morgan fingerprint density at radius 1 is 1.22 bits per heavy atom. The van der Waals surface area contributed by atoms with Gasteiger partial charge in [0.25, 0.3) is 15.0 Å². The molecule has 1 amide bonds. The topological polar surface area (TPSA) is 85.4 Å². The van der Waals surface area contributed by atoms with Crippen molar-refractivity contribution < 1.29 is 17.9 Å². The lowest BCUT2D eigenvalue weighted by atomic mass is 10.1. The van der Waals surface area contributed by atoms with Gasteiger partial charge in [-0.3, -0.25) is 4.79 Å². The molecule has 1 aromatic heterocycles. The SMILES string of the molecule is Cc1cccc(C)c1OCC(=O)Nc1ccc(S(=O)(=O)Cl)nc1. The van der Waals surface area contributed by atoms with E-state index in [1.165, 1.54) is 18.3 Å². The van der Waals surface area contributed by atoms with Gasteiger partial charge in [-0.2, -0.15) is 0 Å². The van der Waals surface area contributed by atoms with Crippen LogP contribution >= 0.6 is 10.7 Å². The van der Waals surface area contributed by atoms with Crippen LogP contribution in [0.4, 0.5) is 5.69 Å². The summed E-state index contributed by atoms with van der Waals surface area (Å²) >= 11 is 0. The summed E-state index contributed by atoms with van der Waals surface area (Å²) in [6, 6.07) is 8.32. The molecule has 0 aliphatic rings. The maximum absolute atomic E-state index is 11.9. The van der Waals surface area contributed by atoms with Crippen LogP contribution < -0.4 is 10.1 Å². The fraction of sp³-hybridized carbons (Fsp3) is 0.200. The number of aryl methyl sites for hydroxylation is 2. The maximum atomic E-state index is 11.9. The van der Waals surface area contributed by atoms with Gasteiger partial charge in [0.1, 0.15) is 5.75 Å². The lowest BCUT2D eigenvalue weighted by Crippen LogP contribution is -2.20. The molecule has 0 fully saturated rings. The number of para-hydroxylation sites is 1. The van der Waals surface area contributed by atoms with Crippen molar-refractivity contribution in [3.8, 4) is 5.75 Å². The summed E-state index contributed by atoms with van der Waals surface area (Å²) in [5.74, 6) is 0.292. The summed E-state index contributed by atoms with van der Waals surface area (Å²) < 4.78 is 27.7. The third kappa shape index (κ3) is 4.67. The van der Waals surface area contributed by atoms with E-state index < -0.39 is 9.05 Å². The minimum atomic E-state index is -3.88. The second kappa shape index (κ2) is 6.97. The first-order valence-electron chi connectivity index (χ1n) is 6.67. The zero-order valence-electron chi connectivity index (χ0n) is 12.5. The minimum Gasteiger partial charge on any atom is -0.483 e. The van der Waals surface area contributed by atoms with E-state index in [-0.39, 0.29) is 17.5 Å². The van der Waals surface area contributed by atoms with E-state index in [0.717, 1.165) is 11.1 Å². The molecule has 0 radical (unpaired) electrons. The highest BCUT2D eigenvalue weighted by Crippen LogP contribution is 2.22. The number of pyridine rings is 1. The van der Waals surface area contributed by atoms with Gasteiger partial charge in [-0.25, -0.2) is 13.4 Å². The average molecular weight is 355 g/mol. The first-order valence-corrected chi connectivity index (χ1v) is 8.98. The first-order chi connectivity index (χ1) is 10.8. The van der Waals surface area contributed by atoms with E-state index in [4.69, 9.17) is 15.4 Å². The van der Waals surface area contributed by atoms with Crippen LogP contribution in [0.15, 0.2) is 41.6 Å². The maximum Gasteiger partial charge on any atom is 0.278 e. The molecule has 2 aromatic rings. The molecule has 0 saturated heterocycles. The summed E-state index contributed by atoms with van der Waals surface area (Å²) in [6.45, 7) is 3.63. The number of nitrogens with zero attached hydrogens (tertiary/aromatic N) is 1. The molecule has 0 aliphatic carbocycles. The van der Waals surface area contributed by atoms with Gasteiger partial charge in [-0.1, -0.05) is 18.2 Å². The molecule has 0 saturated carbocycles. The Morgan fingerprint density at radius 2 is 1.87 bits per heavy atom. The van der Waals surface area contributed by atoms with Gasteiger partial charge in [0.05, 0.1) is 11.9 Å². The van der Waals surface area contributed by atoms with Gasteiger partial charge in [0.2, 0.25) is 0 Å². The monoisotopic (exact) mass is 354 g/mol. The normalized spacial score (nSPS) is 11.1. The van der Waals surface area contributed by atoms with Gasteiger partial charge in [-0.05, 0) is 37.1 Å². The molecule has 0 spiro atoms.